The van der Waals surface area contributed by atoms with Gasteiger partial charge in [-0.15, -0.1) is 0 Å². The predicted molar refractivity (Wildman–Crippen MR) is 140 cm³/mol. The van der Waals surface area contributed by atoms with Crippen LogP contribution in [0.5, 0.6) is 5.75 Å². The normalized spacial score (nSPS) is 21.6. The summed E-state index contributed by atoms with van der Waals surface area (Å²) in [6, 6.07) is 33.5. The number of rotatable bonds is 3. The molecule has 0 unspecified atom stereocenters. The van der Waals surface area contributed by atoms with Crippen LogP contribution in [0, 0.1) is 0 Å². The lowest BCUT2D eigenvalue weighted by Crippen LogP contribution is -2.57. The van der Waals surface area contributed by atoms with Crippen molar-refractivity contribution >= 4 is 28.9 Å². The van der Waals surface area contributed by atoms with Crippen molar-refractivity contribution in [1.82, 2.24) is 5.01 Å². The van der Waals surface area contributed by atoms with E-state index in [1.54, 1.807) is 0 Å². The number of hydrogen-bond acceptors (Lipinski definition) is 4. The summed E-state index contributed by atoms with van der Waals surface area (Å²) >= 11 is 6.14. The Balaban J connectivity index is 1.40. The molecule has 1 spiro atoms. The van der Waals surface area contributed by atoms with Gasteiger partial charge >= 0.3 is 5.72 Å². The van der Waals surface area contributed by atoms with Gasteiger partial charge in [-0.1, -0.05) is 90.5 Å². The van der Waals surface area contributed by atoms with Gasteiger partial charge in [0, 0.05) is 17.0 Å². The number of anilines is 1. The molecule has 0 aliphatic carbocycles. The van der Waals surface area contributed by atoms with Gasteiger partial charge in [0.1, 0.15) is 5.75 Å². The number of hydrogen-bond donors (Lipinski definition) is 0. The molecule has 0 fully saturated rings. The number of amides is 1. The molecular formula is C30H22ClN3O2. The molecule has 3 aliphatic heterocycles. The topological polar surface area (TPSA) is 45.1 Å². The van der Waals surface area contributed by atoms with E-state index in [4.69, 9.17) is 21.4 Å². The minimum absolute atomic E-state index is 0.130. The second kappa shape index (κ2) is 7.97. The minimum atomic E-state index is -1.38. The highest BCUT2D eigenvalue weighted by molar-refractivity contribution is 6.30. The van der Waals surface area contributed by atoms with Gasteiger partial charge in [-0.3, -0.25) is 4.79 Å². The lowest BCUT2D eigenvalue weighted by molar-refractivity contribution is -0.164. The Morgan fingerprint density at radius 2 is 1.61 bits per heavy atom. The number of hydrazone groups is 1. The van der Waals surface area contributed by atoms with Crippen molar-refractivity contribution in [2.24, 2.45) is 5.10 Å². The smallest absolute Gasteiger partial charge is 0.306 e. The third-order valence-corrected chi connectivity index (χ3v) is 7.48. The zero-order chi connectivity index (χ0) is 24.3. The maximum Gasteiger partial charge on any atom is 0.306 e. The number of carbonyl (C=O) groups excluding carboxylic acids is 1. The Morgan fingerprint density at radius 1 is 0.889 bits per heavy atom. The van der Waals surface area contributed by atoms with Gasteiger partial charge in [-0.25, -0.2) is 5.01 Å². The minimum Gasteiger partial charge on any atom is -0.453 e. The number of para-hydroxylation sites is 2. The molecule has 36 heavy (non-hydrogen) atoms. The fourth-order valence-electron chi connectivity index (χ4n) is 5.56. The first-order chi connectivity index (χ1) is 17.6. The molecule has 5 nitrogen and oxygen atoms in total. The van der Waals surface area contributed by atoms with Gasteiger partial charge in [0.25, 0.3) is 5.91 Å². The Hall–Kier alpha value is -4.09. The second-order valence-corrected chi connectivity index (χ2v) is 9.73. The van der Waals surface area contributed by atoms with Crippen LogP contribution in [0.25, 0.3) is 0 Å². The summed E-state index contributed by atoms with van der Waals surface area (Å²) in [6.45, 7) is 0.454. The van der Waals surface area contributed by atoms with Gasteiger partial charge in [-0.05, 0) is 35.4 Å². The molecule has 0 bridgehead atoms. The first-order valence-electron chi connectivity index (χ1n) is 12.0. The Labute approximate surface area is 214 Å². The molecule has 0 saturated heterocycles. The van der Waals surface area contributed by atoms with Crippen molar-refractivity contribution in [3.05, 3.63) is 130 Å². The standard InChI is InChI=1S/C30H22ClN3O2/c31-22-16-14-21(15-17-22)25-18-27-23-10-4-7-13-28(23)36-30(34(27)32-25)24-11-5-6-12-26(24)33(29(30)35)19-20-8-2-1-3-9-20/h1-17,27H,18-19H2/t27-,30-/m0/s1. The number of nitrogens with zero attached hydrogens (tertiary/aromatic N) is 3. The van der Waals surface area contributed by atoms with Crippen molar-refractivity contribution < 1.29 is 9.53 Å². The van der Waals surface area contributed by atoms with Crippen LogP contribution in [0.1, 0.15) is 34.7 Å². The van der Waals surface area contributed by atoms with Crippen LogP contribution in [0.4, 0.5) is 5.69 Å². The predicted octanol–water partition coefficient (Wildman–Crippen LogP) is 6.28. The summed E-state index contributed by atoms with van der Waals surface area (Å²) in [6.07, 6.45) is 0.665. The van der Waals surface area contributed by atoms with Crippen molar-refractivity contribution in [1.29, 1.82) is 0 Å². The Morgan fingerprint density at radius 3 is 2.44 bits per heavy atom. The average molecular weight is 492 g/mol. The molecule has 4 aromatic rings. The van der Waals surface area contributed by atoms with Crippen LogP contribution < -0.4 is 9.64 Å². The van der Waals surface area contributed by atoms with E-state index >= 15 is 0 Å². The molecular weight excluding hydrogens is 470 g/mol. The van der Waals surface area contributed by atoms with Gasteiger partial charge in [0.15, 0.2) is 0 Å². The highest BCUT2D eigenvalue weighted by Crippen LogP contribution is 2.55. The van der Waals surface area contributed by atoms with Gasteiger partial charge in [-0.2, -0.15) is 5.10 Å². The zero-order valence-corrected chi connectivity index (χ0v) is 20.1. The second-order valence-electron chi connectivity index (χ2n) is 9.30. The maximum atomic E-state index is 14.5. The van der Waals surface area contributed by atoms with E-state index < -0.39 is 5.72 Å². The highest BCUT2D eigenvalue weighted by Gasteiger charge is 2.63. The zero-order valence-electron chi connectivity index (χ0n) is 19.3. The van der Waals surface area contributed by atoms with E-state index in [2.05, 4.69) is 6.07 Å². The summed E-state index contributed by atoms with van der Waals surface area (Å²) < 4.78 is 6.71. The maximum absolute atomic E-state index is 14.5. The van der Waals surface area contributed by atoms with E-state index in [0.29, 0.717) is 18.0 Å². The molecule has 2 atom stereocenters. The molecule has 176 valence electrons. The van der Waals surface area contributed by atoms with E-state index in [1.165, 1.54) is 0 Å². The molecule has 0 saturated carbocycles. The molecule has 7 rings (SSSR count). The molecule has 0 N–H and O–H groups in total. The summed E-state index contributed by atoms with van der Waals surface area (Å²) in [4.78, 5) is 16.3. The van der Waals surface area contributed by atoms with Crippen molar-refractivity contribution in [2.45, 2.75) is 24.7 Å². The van der Waals surface area contributed by atoms with E-state index in [1.807, 2.05) is 107 Å². The summed E-state index contributed by atoms with van der Waals surface area (Å²) in [5.41, 5.74) is 4.26. The lowest BCUT2D eigenvalue weighted by Gasteiger charge is -2.44. The lowest BCUT2D eigenvalue weighted by atomic mass is 9.92. The number of carbonyl (C=O) groups is 1. The summed E-state index contributed by atoms with van der Waals surface area (Å²) in [7, 11) is 0. The van der Waals surface area contributed by atoms with Crippen LogP contribution in [0.2, 0.25) is 5.02 Å². The fourth-order valence-corrected chi connectivity index (χ4v) is 5.69. The SMILES string of the molecule is O=C1N(Cc2ccccc2)c2ccccc2[C@]12Oc1ccccc1[C@@H]1CC(c3ccc(Cl)cc3)=NN12. The molecule has 1 amide bonds. The number of benzene rings is 4. The molecule has 6 heteroatoms. The molecule has 4 aromatic carbocycles. The Bertz CT molecular complexity index is 1520. The number of fused-ring (bicyclic) bond motifs is 6. The number of ether oxygens (including phenoxy) is 1. The highest BCUT2D eigenvalue weighted by atomic mass is 35.5. The van der Waals surface area contributed by atoms with Crippen LogP contribution >= 0.6 is 11.6 Å². The molecule has 0 aromatic heterocycles. The van der Waals surface area contributed by atoms with Crippen LogP contribution in [-0.2, 0) is 17.1 Å². The van der Waals surface area contributed by atoms with Gasteiger partial charge in [0.2, 0.25) is 0 Å². The van der Waals surface area contributed by atoms with Crippen LogP contribution in [-0.4, -0.2) is 16.6 Å². The molecule has 3 aliphatic rings. The molecule has 0 radical (unpaired) electrons. The number of halogens is 1. The monoisotopic (exact) mass is 491 g/mol. The van der Waals surface area contributed by atoms with E-state index in [9.17, 15) is 4.79 Å². The van der Waals surface area contributed by atoms with Crippen molar-refractivity contribution in [3.63, 3.8) is 0 Å². The molecule has 3 heterocycles. The quantitative estimate of drug-likeness (QED) is 0.338. The van der Waals surface area contributed by atoms with Crippen molar-refractivity contribution in [2.75, 3.05) is 4.90 Å². The average Bonchev–Trinajstić information content (AvgIpc) is 3.46. The first-order valence-corrected chi connectivity index (χ1v) is 12.4. The van der Waals surface area contributed by atoms with Crippen LogP contribution in [0.15, 0.2) is 108 Å². The largest absolute Gasteiger partial charge is 0.453 e. The van der Waals surface area contributed by atoms with Crippen LogP contribution in [0.3, 0.4) is 0 Å². The third-order valence-electron chi connectivity index (χ3n) is 7.22. The van der Waals surface area contributed by atoms with E-state index in [-0.39, 0.29) is 11.9 Å². The third kappa shape index (κ3) is 3.02. The van der Waals surface area contributed by atoms with Crippen molar-refractivity contribution in [3.8, 4) is 5.75 Å². The van der Waals surface area contributed by atoms with Gasteiger partial charge in [0.05, 0.1) is 29.5 Å². The first kappa shape index (κ1) is 21.2. The Kier molecular flexibility index (Phi) is 4.70. The van der Waals surface area contributed by atoms with Gasteiger partial charge < -0.3 is 9.64 Å². The summed E-state index contributed by atoms with van der Waals surface area (Å²) in [5, 5.41) is 7.64. The van der Waals surface area contributed by atoms with E-state index in [0.717, 1.165) is 39.4 Å². The fraction of sp³-hybridized carbons (Fsp3) is 0.133. The summed E-state index contributed by atoms with van der Waals surface area (Å²) in [5.74, 6) is 0.587.